The van der Waals surface area contributed by atoms with Crippen LogP contribution in [-0.2, 0) is 11.3 Å². The largest absolute Gasteiger partial charge is 0.381 e. The Bertz CT molecular complexity index is 1200. The number of benzene rings is 3. The highest BCUT2D eigenvalue weighted by atomic mass is 35.5. The molecule has 0 heterocycles. The fraction of sp³-hybridized carbons (Fsp3) is 0.136. The summed E-state index contributed by atoms with van der Waals surface area (Å²) in [5.41, 5.74) is 2.88. The van der Waals surface area contributed by atoms with Crippen molar-refractivity contribution >= 4 is 45.9 Å². The lowest BCUT2D eigenvalue weighted by Crippen LogP contribution is -2.07. The molecule has 0 aliphatic carbocycles. The summed E-state index contributed by atoms with van der Waals surface area (Å²) in [5, 5.41) is 43.3. The van der Waals surface area contributed by atoms with E-state index in [1.807, 2.05) is 0 Å². The highest BCUT2D eigenvalue weighted by Crippen LogP contribution is 2.33. The Balaban J connectivity index is 1.78. The van der Waals surface area contributed by atoms with Gasteiger partial charge in [0.2, 0.25) is 5.91 Å². The monoisotopic (exact) mass is 469 g/mol. The van der Waals surface area contributed by atoms with E-state index >= 15 is 0 Å². The molecule has 170 valence electrons. The van der Waals surface area contributed by atoms with Crippen molar-refractivity contribution in [1.29, 1.82) is 0 Å². The van der Waals surface area contributed by atoms with E-state index in [4.69, 9.17) is 11.6 Å². The number of carbonyl (C=O) groups excluding carboxylic acids is 1. The zero-order chi connectivity index (χ0) is 24.0. The molecule has 33 heavy (non-hydrogen) atoms. The molecule has 0 aromatic heterocycles. The van der Waals surface area contributed by atoms with E-state index in [0.29, 0.717) is 29.2 Å². The number of carbonyl (C=O) groups is 1. The molecule has 0 spiro atoms. The number of amides is 1. The lowest BCUT2D eigenvalue weighted by Gasteiger charge is -2.11. The van der Waals surface area contributed by atoms with Gasteiger partial charge in [-0.3, -0.25) is 14.9 Å². The van der Waals surface area contributed by atoms with Crippen molar-refractivity contribution in [2.75, 3.05) is 10.6 Å². The molecule has 0 aliphatic rings. The molecule has 0 saturated heterocycles. The Morgan fingerprint density at radius 1 is 1.06 bits per heavy atom. The van der Waals surface area contributed by atoms with Crippen LogP contribution in [0, 0.1) is 10.1 Å². The molecular weight excluding hydrogens is 450 g/mol. The fourth-order valence-electron chi connectivity index (χ4n) is 2.83. The van der Waals surface area contributed by atoms with Gasteiger partial charge in [0.15, 0.2) is 6.29 Å². The summed E-state index contributed by atoms with van der Waals surface area (Å²) in [5.74, 6) is -0.296. The van der Waals surface area contributed by atoms with Crippen molar-refractivity contribution in [2.45, 2.75) is 19.8 Å². The molecule has 0 atom stereocenters. The van der Waals surface area contributed by atoms with Gasteiger partial charge < -0.3 is 20.8 Å². The number of hydrogen-bond donors (Lipinski definition) is 4. The molecule has 0 aliphatic heterocycles. The zero-order valence-electron chi connectivity index (χ0n) is 17.4. The minimum absolute atomic E-state index is 0.0760. The first-order valence-electron chi connectivity index (χ1n) is 9.69. The minimum atomic E-state index is -1.52. The van der Waals surface area contributed by atoms with Crippen LogP contribution in [0.25, 0.3) is 0 Å². The number of nitro benzene ring substituents is 1. The number of halogens is 1. The van der Waals surface area contributed by atoms with Crippen LogP contribution in [0.1, 0.15) is 24.3 Å². The van der Waals surface area contributed by atoms with Gasteiger partial charge in [0, 0.05) is 36.9 Å². The number of azo groups is 1. The zero-order valence-corrected chi connectivity index (χ0v) is 18.2. The number of nitrogens with zero attached hydrogens (tertiary/aromatic N) is 3. The second kappa shape index (κ2) is 10.6. The average Bonchev–Trinajstić information content (AvgIpc) is 2.77. The van der Waals surface area contributed by atoms with E-state index in [1.165, 1.54) is 25.1 Å². The molecule has 0 fully saturated rings. The van der Waals surface area contributed by atoms with Crippen molar-refractivity contribution < 1.29 is 19.9 Å². The normalized spacial score (nSPS) is 11.1. The Labute approximate surface area is 193 Å². The third-order valence-electron chi connectivity index (χ3n) is 4.49. The first-order valence-corrected chi connectivity index (χ1v) is 10.1. The average molecular weight is 470 g/mol. The Morgan fingerprint density at radius 3 is 2.33 bits per heavy atom. The predicted octanol–water partition coefficient (Wildman–Crippen LogP) is 5.22. The molecule has 0 unspecified atom stereocenters. The van der Waals surface area contributed by atoms with Gasteiger partial charge in [-0.25, -0.2) is 0 Å². The third kappa shape index (κ3) is 6.56. The molecule has 4 N–H and O–H groups in total. The summed E-state index contributed by atoms with van der Waals surface area (Å²) >= 11 is 6.05. The van der Waals surface area contributed by atoms with Gasteiger partial charge in [-0.15, -0.1) is 10.2 Å². The lowest BCUT2D eigenvalue weighted by molar-refractivity contribution is -0.384. The van der Waals surface area contributed by atoms with Gasteiger partial charge in [-0.1, -0.05) is 35.9 Å². The molecule has 0 bridgehead atoms. The third-order valence-corrected chi connectivity index (χ3v) is 4.79. The molecule has 0 saturated carbocycles. The first kappa shape index (κ1) is 23.8. The molecule has 10 nitrogen and oxygen atoms in total. The highest BCUT2D eigenvalue weighted by molar-refractivity contribution is 6.33. The van der Waals surface area contributed by atoms with Crippen LogP contribution in [0.2, 0.25) is 5.02 Å². The van der Waals surface area contributed by atoms with Crippen molar-refractivity contribution in [2.24, 2.45) is 10.2 Å². The molecule has 1 amide bonds. The molecule has 11 heteroatoms. The van der Waals surface area contributed by atoms with Crippen LogP contribution in [-0.4, -0.2) is 21.0 Å². The van der Waals surface area contributed by atoms with E-state index in [1.54, 1.807) is 42.5 Å². The van der Waals surface area contributed by atoms with Crippen molar-refractivity contribution in [3.05, 3.63) is 86.9 Å². The van der Waals surface area contributed by atoms with Crippen LogP contribution >= 0.6 is 11.6 Å². The second-order valence-corrected chi connectivity index (χ2v) is 7.38. The number of aliphatic hydroxyl groups excluding tert-OH is 1. The van der Waals surface area contributed by atoms with Crippen LogP contribution < -0.4 is 10.6 Å². The molecule has 3 rings (SSSR count). The highest BCUT2D eigenvalue weighted by Gasteiger charge is 2.10. The van der Waals surface area contributed by atoms with E-state index in [-0.39, 0.29) is 22.3 Å². The predicted molar refractivity (Wildman–Crippen MR) is 124 cm³/mol. The molecule has 3 aromatic carbocycles. The van der Waals surface area contributed by atoms with E-state index in [2.05, 4.69) is 20.9 Å². The number of nitrogens with one attached hydrogen (secondary N) is 2. The summed E-state index contributed by atoms with van der Waals surface area (Å²) in [6.45, 7) is 1.83. The van der Waals surface area contributed by atoms with E-state index in [9.17, 15) is 25.1 Å². The van der Waals surface area contributed by atoms with Crippen LogP contribution in [0.5, 0.6) is 0 Å². The van der Waals surface area contributed by atoms with Crippen molar-refractivity contribution in [3.8, 4) is 0 Å². The Morgan fingerprint density at radius 2 is 1.73 bits per heavy atom. The SMILES string of the molecule is CC(=O)Nc1cc(NCc2ccc(C(O)O)cc2)ccc1N=Nc1ccc([N+](=O)[O-])cc1Cl. The maximum atomic E-state index is 11.6. The standard InChI is InChI=1S/C22H20ClN5O5/c1-13(29)25-21-10-16(24-12-14-2-4-15(5-3-14)22(30)31)6-8-20(21)27-26-19-9-7-17(28(32)33)11-18(19)23/h2-11,22,24,30-31H,12H2,1H3,(H,25,29). The number of anilines is 2. The summed E-state index contributed by atoms with van der Waals surface area (Å²) in [6.07, 6.45) is -1.52. The molecular formula is C22H20ClN5O5. The minimum Gasteiger partial charge on any atom is -0.381 e. The van der Waals surface area contributed by atoms with E-state index in [0.717, 1.165) is 5.56 Å². The number of nitro groups is 1. The summed E-state index contributed by atoms with van der Waals surface area (Å²) < 4.78 is 0. The smallest absolute Gasteiger partial charge is 0.271 e. The van der Waals surface area contributed by atoms with Gasteiger partial charge in [0.05, 0.1) is 15.6 Å². The lowest BCUT2D eigenvalue weighted by atomic mass is 10.1. The van der Waals surface area contributed by atoms with Gasteiger partial charge in [-0.2, -0.15) is 0 Å². The maximum absolute atomic E-state index is 11.6. The topological polar surface area (TPSA) is 149 Å². The first-order chi connectivity index (χ1) is 15.7. The Kier molecular flexibility index (Phi) is 7.67. The van der Waals surface area contributed by atoms with Gasteiger partial charge in [0.25, 0.3) is 5.69 Å². The number of non-ortho nitro benzene ring substituents is 1. The Hall–Kier alpha value is -3.86. The van der Waals surface area contributed by atoms with Crippen LogP contribution in [0.15, 0.2) is 70.9 Å². The quantitative estimate of drug-likeness (QED) is 0.154. The fourth-order valence-corrected chi connectivity index (χ4v) is 3.05. The summed E-state index contributed by atoms with van der Waals surface area (Å²) in [4.78, 5) is 21.9. The maximum Gasteiger partial charge on any atom is 0.271 e. The summed E-state index contributed by atoms with van der Waals surface area (Å²) in [6, 6.07) is 15.7. The molecule has 0 radical (unpaired) electrons. The van der Waals surface area contributed by atoms with Crippen LogP contribution in [0.3, 0.4) is 0 Å². The van der Waals surface area contributed by atoms with Gasteiger partial charge in [-0.05, 0) is 29.8 Å². The van der Waals surface area contributed by atoms with Gasteiger partial charge >= 0.3 is 0 Å². The van der Waals surface area contributed by atoms with Crippen LogP contribution in [0.4, 0.5) is 28.4 Å². The number of hydrogen-bond acceptors (Lipinski definition) is 8. The van der Waals surface area contributed by atoms with E-state index < -0.39 is 11.2 Å². The molecule has 3 aromatic rings. The van der Waals surface area contributed by atoms with Crippen molar-refractivity contribution in [3.63, 3.8) is 0 Å². The summed E-state index contributed by atoms with van der Waals surface area (Å²) in [7, 11) is 0. The van der Waals surface area contributed by atoms with Gasteiger partial charge in [0.1, 0.15) is 11.4 Å². The second-order valence-electron chi connectivity index (χ2n) is 6.97. The number of rotatable bonds is 8. The van der Waals surface area contributed by atoms with Crippen molar-refractivity contribution in [1.82, 2.24) is 0 Å². The number of aliphatic hydroxyl groups is 2.